The number of carbonyl (C=O) groups is 1. The van der Waals surface area contributed by atoms with E-state index in [2.05, 4.69) is 5.18 Å². The van der Waals surface area contributed by atoms with Gasteiger partial charge in [0.2, 0.25) is 0 Å². The number of alkyl halides is 1. The first kappa shape index (κ1) is 23.9. The first-order chi connectivity index (χ1) is 13.1. The van der Waals surface area contributed by atoms with Crippen LogP contribution in [-0.4, -0.2) is 77.6 Å². The van der Waals surface area contributed by atoms with E-state index >= 15 is 0 Å². The molecular formula is C18H32FNO7. The molecule has 0 aliphatic heterocycles. The second kappa shape index (κ2) is 15.9. The maximum atomic E-state index is 13.8. The molecule has 3 unspecified atom stereocenters. The minimum absolute atomic E-state index is 0.113. The Labute approximate surface area is 160 Å². The summed E-state index contributed by atoms with van der Waals surface area (Å²) in [7, 11) is 0. The first-order valence-electron chi connectivity index (χ1n) is 9.57. The molecule has 0 aromatic rings. The summed E-state index contributed by atoms with van der Waals surface area (Å²) in [6, 6.07) is 0. The van der Waals surface area contributed by atoms with Gasteiger partial charge in [0.05, 0.1) is 59.3 Å². The van der Waals surface area contributed by atoms with E-state index in [-0.39, 0.29) is 19.6 Å². The number of carbonyl (C=O) groups excluding carboxylic acids is 1. The summed E-state index contributed by atoms with van der Waals surface area (Å²) in [5, 5.41) is 2.68. The van der Waals surface area contributed by atoms with Gasteiger partial charge >= 0.3 is 5.97 Å². The van der Waals surface area contributed by atoms with Crippen molar-refractivity contribution in [2.75, 3.05) is 59.4 Å². The van der Waals surface area contributed by atoms with E-state index in [1.54, 1.807) is 0 Å². The van der Waals surface area contributed by atoms with Crippen LogP contribution in [0.2, 0.25) is 0 Å². The highest BCUT2D eigenvalue weighted by atomic mass is 19.1. The summed E-state index contributed by atoms with van der Waals surface area (Å²) < 4.78 is 40.0. The maximum absolute atomic E-state index is 13.8. The van der Waals surface area contributed by atoms with Gasteiger partial charge in [0, 0.05) is 0 Å². The molecule has 1 aliphatic carbocycles. The molecule has 0 spiro atoms. The smallest absolute Gasteiger partial charge is 0.308 e. The fourth-order valence-electron chi connectivity index (χ4n) is 2.66. The number of ether oxygens (including phenoxy) is 5. The highest BCUT2D eigenvalue weighted by molar-refractivity contribution is 5.69. The molecule has 27 heavy (non-hydrogen) atoms. The molecule has 3 atom stereocenters. The molecule has 0 bridgehead atoms. The molecule has 1 rings (SSSR count). The van der Waals surface area contributed by atoms with Gasteiger partial charge in [0.15, 0.2) is 0 Å². The van der Waals surface area contributed by atoms with Crippen molar-refractivity contribution in [3.8, 4) is 0 Å². The van der Waals surface area contributed by atoms with Crippen LogP contribution in [0.1, 0.15) is 32.6 Å². The molecule has 0 heterocycles. The van der Waals surface area contributed by atoms with Crippen LogP contribution in [0.4, 0.5) is 4.39 Å². The second-order valence-corrected chi connectivity index (χ2v) is 6.51. The standard InChI is InChI=1S/C18H32FNO7/c1-15-2-3-17(16(19)14-15)27-18(21)4-6-23-8-10-25-12-13-26-11-9-24-7-5-20-22/h15-17H,2-14H2,1H3. The third-order valence-electron chi connectivity index (χ3n) is 4.15. The van der Waals surface area contributed by atoms with Crippen molar-refractivity contribution in [2.24, 2.45) is 11.1 Å². The highest BCUT2D eigenvalue weighted by Gasteiger charge is 2.31. The van der Waals surface area contributed by atoms with Crippen molar-refractivity contribution in [3.63, 3.8) is 0 Å². The molecule has 158 valence electrons. The molecular weight excluding hydrogens is 361 g/mol. The quantitative estimate of drug-likeness (QED) is 0.226. The van der Waals surface area contributed by atoms with Crippen LogP contribution >= 0.6 is 0 Å². The van der Waals surface area contributed by atoms with Gasteiger partial charge in [-0.15, -0.1) is 0 Å². The summed E-state index contributed by atoms with van der Waals surface area (Å²) in [4.78, 5) is 21.5. The molecule has 0 radical (unpaired) electrons. The molecule has 1 aliphatic rings. The number of hydrogen-bond acceptors (Lipinski definition) is 8. The molecule has 8 nitrogen and oxygen atoms in total. The molecule has 1 fully saturated rings. The number of halogens is 1. The molecule has 0 amide bonds. The fraction of sp³-hybridized carbons (Fsp3) is 0.944. The zero-order valence-corrected chi connectivity index (χ0v) is 16.1. The lowest BCUT2D eigenvalue weighted by Gasteiger charge is -2.29. The van der Waals surface area contributed by atoms with E-state index in [1.807, 2.05) is 6.92 Å². The average Bonchev–Trinajstić information content (AvgIpc) is 2.64. The van der Waals surface area contributed by atoms with Gasteiger partial charge in [0.25, 0.3) is 0 Å². The zero-order chi connectivity index (χ0) is 19.7. The first-order valence-corrected chi connectivity index (χ1v) is 9.57. The minimum Gasteiger partial charge on any atom is -0.459 e. The molecule has 0 N–H and O–H groups in total. The Balaban J connectivity index is 1.83. The number of esters is 1. The van der Waals surface area contributed by atoms with Crippen LogP contribution in [0, 0.1) is 10.8 Å². The van der Waals surface area contributed by atoms with Crippen molar-refractivity contribution in [3.05, 3.63) is 4.91 Å². The van der Waals surface area contributed by atoms with E-state index in [0.717, 1.165) is 6.42 Å². The Bertz CT molecular complexity index is 400. The van der Waals surface area contributed by atoms with Crippen LogP contribution in [0.3, 0.4) is 0 Å². The van der Waals surface area contributed by atoms with Crippen molar-refractivity contribution >= 4 is 5.97 Å². The van der Waals surface area contributed by atoms with Crippen molar-refractivity contribution in [1.29, 1.82) is 0 Å². The van der Waals surface area contributed by atoms with Crippen LogP contribution in [0.5, 0.6) is 0 Å². The summed E-state index contributed by atoms with van der Waals surface area (Å²) in [5.74, 6) is -0.0688. The Hall–Kier alpha value is -1.16. The second-order valence-electron chi connectivity index (χ2n) is 6.51. The highest BCUT2D eigenvalue weighted by Crippen LogP contribution is 2.28. The van der Waals surface area contributed by atoms with Crippen LogP contribution in [0.25, 0.3) is 0 Å². The Morgan fingerprint density at radius 3 is 2.04 bits per heavy atom. The van der Waals surface area contributed by atoms with Gasteiger partial charge < -0.3 is 23.7 Å². The Kier molecular flexibility index (Phi) is 14.0. The molecule has 0 saturated heterocycles. The van der Waals surface area contributed by atoms with E-state index in [0.29, 0.717) is 65.0 Å². The van der Waals surface area contributed by atoms with Gasteiger partial charge in [-0.2, -0.15) is 4.91 Å². The number of nitrogens with zero attached hydrogens (tertiary/aromatic N) is 1. The fourth-order valence-corrected chi connectivity index (χ4v) is 2.66. The normalized spacial score (nSPS) is 22.5. The van der Waals surface area contributed by atoms with Crippen LogP contribution in [-0.2, 0) is 28.5 Å². The van der Waals surface area contributed by atoms with Gasteiger partial charge in [-0.3, -0.25) is 4.79 Å². The van der Waals surface area contributed by atoms with Gasteiger partial charge in [0.1, 0.15) is 18.8 Å². The van der Waals surface area contributed by atoms with Crippen molar-refractivity contribution in [1.82, 2.24) is 0 Å². The summed E-state index contributed by atoms with van der Waals surface area (Å²) in [6.45, 7) is 5.17. The summed E-state index contributed by atoms with van der Waals surface area (Å²) >= 11 is 0. The van der Waals surface area contributed by atoms with Crippen LogP contribution in [0.15, 0.2) is 5.18 Å². The van der Waals surface area contributed by atoms with Gasteiger partial charge in [-0.25, -0.2) is 4.39 Å². The lowest BCUT2D eigenvalue weighted by atomic mass is 9.87. The number of nitroso groups, excluding NO2 is 1. The third kappa shape index (κ3) is 12.8. The molecule has 1 saturated carbocycles. The number of rotatable bonds is 16. The zero-order valence-electron chi connectivity index (χ0n) is 16.1. The lowest BCUT2D eigenvalue weighted by molar-refractivity contribution is -0.156. The Morgan fingerprint density at radius 2 is 1.48 bits per heavy atom. The maximum Gasteiger partial charge on any atom is 0.308 e. The van der Waals surface area contributed by atoms with Crippen LogP contribution < -0.4 is 0 Å². The van der Waals surface area contributed by atoms with E-state index in [1.165, 1.54) is 0 Å². The van der Waals surface area contributed by atoms with E-state index in [4.69, 9.17) is 23.7 Å². The predicted molar refractivity (Wildman–Crippen MR) is 96.3 cm³/mol. The molecule has 9 heteroatoms. The van der Waals surface area contributed by atoms with Gasteiger partial charge in [-0.1, -0.05) is 12.1 Å². The van der Waals surface area contributed by atoms with Crippen molar-refractivity contribution < 1.29 is 32.9 Å². The van der Waals surface area contributed by atoms with Crippen molar-refractivity contribution in [2.45, 2.75) is 44.9 Å². The Morgan fingerprint density at radius 1 is 0.926 bits per heavy atom. The predicted octanol–water partition coefficient (Wildman–Crippen LogP) is 2.28. The van der Waals surface area contributed by atoms with E-state index in [9.17, 15) is 14.1 Å². The summed E-state index contributed by atoms with van der Waals surface area (Å²) in [5.41, 5.74) is 0. The largest absolute Gasteiger partial charge is 0.459 e. The topological polar surface area (TPSA) is 92.7 Å². The number of hydrogen-bond donors (Lipinski definition) is 0. The summed E-state index contributed by atoms with van der Waals surface area (Å²) in [6.07, 6.45) is 0.383. The SMILES string of the molecule is CC1CCC(OC(=O)CCOCCOCCOCCOCCN=O)C(F)C1. The lowest BCUT2D eigenvalue weighted by Crippen LogP contribution is -2.34. The van der Waals surface area contributed by atoms with E-state index < -0.39 is 18.2 Å². The average molecular weight is 393 g/mol. The minimum atomic E-state index is -1.06. The van der Waals surface area contributed by atoms with Gasteiger partial charge in [-0.05, 0) is 25.2 Å². The molecule has 0 aromatic heterocycles. The monoisotopic (exact) mass is 393 g/mol. The third-order valence-corrected chi connectivity index (χ3v) is 4.15. The molecule has 0 aromatic carbocycles.